The number of nitrogens with zero attached hydrogens (tertiary/aromatic N) is 5. The molecule has 0 aliphatic carbocycles. The van der Waals surface area contributed by atoms with E-state index in [-0.39, 0.29) is 31.5 Å². The van der Waals surface area contributed by atoms with Crippen LogP contribution in [0.3, 0.4) is 0 Å². The first-order valence-electron chi connectivity index (χ1n) is 13.3. The van der Waals surface area contributed by atoms with E-state index < -0.39 is 0 Å². The second-order valence-electron chi connectivity index (χ2n) is 9.68. The van der Waals surface area contributed by atoms with Crippen LogP contribution in [-0.2, 0) is 11.3 Å². The van der Waals surface area contributed by atoms with E-state index in [1.165, 1.54) is 0 Å². The number of hydrogen-bond donors (Lipinski definition) is 3. The molecule has 202 valence electrons. The Morgan fingerprint density at radius 2 is 1.69 bits per heavy atom. The summed E-state index contributed by atoms with van der Waals surface area (Å²) < 4.78 is 13.3. The molecule has 2 fully saturated rings. The minimum atomic E-state index is -0.361. The van der Waals surface area contributed by atoms with Gasteiger partial charge in [-0.1, -0.05) is 0 Å². The maximum absolute atomic E-state index is 12.5. The minimum absolute atomic E-state index is 0.0543. The highest BCUT2D eigenvalue weighted by molar-refractivity contribution is 6.00. The van der Waals surface area contributed by atoms with Crippen LogP contribution in [0.15, 0.2) is 54.7 Å². The third-order valence-corrected chi connectivity index (χ3v) is 6.99. The SMILES string of the molecule is CCn1ncc2c(N3CC4CCC(C3)O4)nc(-c3ccc(NC(=O)Nc4ccc(OCCO)cc4)cc3)nc21. The smallest absolute Gasteiger partial charge is 0.323 e. The number of rotatable bonds is 8. The first-order valence-corrected chi connectivity index (χ1v) is 13.3. The zero-order valence-corrected chi connectivity index (χ0v) is 21.7. The van der Waals surface area contributed by atoms with Crippen molar-refractivity contribution in [1.82, 2.24) is 19.7 Å². The summed E-state index contributed by atoms with van der Waals surface area (Å²) in [6.07, 6.45) is 4.52. The number of aliphatic hydroxyl groups is 1. The molecule has 2 amide bonds. The standard InChI is InChI=1S/C28H31N7O4/c1-2-35-27-24(15-29-35)26(34-16-22-11-12-23(17-34)39-22)32-25(33-27)18-3-5-19(6-4-18)30-28(37)31-20-7-9-21(10-8-20)38-14-13-36/h3-10,15,22-23,36H,2,11-14,16-17H2,1H3,(H2,30,31,37). The monoisotopic (exact) mass is 529 g/mol. The summed E-state index contributed by atoms with van der Waals surface area (Å²) in [5.74, 6) is 2.13. The predicted octanol–water partition coefficient (Wildman–Crippen LogP) is 3.90. The molecule has 4 heterocycles. The molecule has 2 bridgehead atoms. The molecule has 2 unspecified atom stereocenters. The Morgan fingerprint density at radius 1 is 1.03 bits per heavy atom. The fourth-order valence-electron chi connectivity index (χ4n) is 5.12. The number of fused-ring (bicyclic) bond motifs is 3. The molecule has 2 aliphatic heterocycles. The van der Waals surface area contributed by atoms with Gasteiger partial charge in [-0.15, -0.1) is 0 Å². The fraction of sp³-hybridized carbons (Fsp3) is 0.357. The van der Waals surface area contributed by atoms with Gasteiger partial charge >= 0.3 is 6.03 Å². The van der Waals surface area contributed by atoms with Crippen LogP contribution in [0.5, 0.6) is 5.75 Å². The molecule has 0 saturated carbocycles. The molecule has 4 aromatic rings. The van der Waals surface area contributed by atoms with Crippen molar-refractivity contribution in [1.29, 1.82) is 0 Å². The number of amides is 2. The highest BCUT2D eigenvalue weighted by Crippen LogP contribution is 2.33. The molecule has 2 atom stereocenters. The number of carbonyl (C=O) groups excluding carboxylic acids is 1. The zero-order chi connectivity index (χ0) is 26.8. The van der Waals surface area contributed by atoms with E-state index in [9.17, 15) is 4.79 Å². The number of morpholine rings is 1. The van der Waals surface area contributed by atoms with E-state index in [1.807, 2.05) is 42.1 Å². The molecule has 11 heteroatoms. The van der Waals surface area contributed by atoms with Gasteiger partial charge in [0.15, 0.2) is 11.5 Å². The number of hydrogen-bond acceptors (Lipinski definition) is 8. The lowest BCUT2D eigenvalue weighted by Crippen LogP contribution is -2.43. The average molecular weight is 530 g/mol. The van der Waals surface area contributed by atoms with E-state index in [4.69, 9.17) is 24.5 Å². The van der Waals surface area contributed by atoms with Crippen molar-refractivity contribution < 1.29 is 19.4 Å². The zero-order valence-electron chi connectivity index (χ0n) is 21.7. The van der Waals surface area contributed by atoms with Crippen molar-refractivity contribution in [2.45, 2.75) is 38.5 Å². The number of nitrogens with one attached hydrogen (secondary N) is 2. The number of aromatic nitrogens is 4. The number of carbonyl (C=O) groups is 1. The molecule has 2 aliphatic rings. The van der Waals surface area contributed by atoms with Crippen LogP contribution in [0.25, 0.3) is 22.4 Å². The lowest BCUT2D eigenvalue weighted by molar-refractivity contribution is 0.0303. The van der Waals surface area contributed by atoms with Crippen LogP contribution in [0, 0.1) is 0 Å². The van der Waals surface area contributed by atoms with Crippen molar-refractivity contribution in [2.24, 2.45) is 0 Å². The van der Waals surface area contributed by atoms with E-state index >= 15 is 0 Å². The molecule has 2 aromatic heterocycles. The Labute approximate surface area is 225 Å². The predicted molar refractivity (Wildman–Crippen MR) is 148 cm³/mol. The number of urea groups is 1. The summed E-state index contributed by atoms with van der Waals surface area (Å²) in [7, 11) is 0. The van der Waals surface area contributed by atoms with Crippen molar-refractivity contribution in [2.75, 3.05) is 41.8 Å². The second kappa shape index (κ2) is 10.9. The van der Waals surface area contributed by atoms with Crippen LogP contribution < -0.4 is 20.3 Å². The summed E-state index contributed by atoms with van der Waals surface area (Å²) in [6.45, 7) is 4.56. The van der Waals surface area contributed by atoms with Gasteiger partial charge in [0, 0.05) is 36.6 Å². The van der Waals surface area contributed by atoms with Gasteiger partial charge in [0.05, 0.1) is 30.4 Å². The van der Waals surface area contributed by atoms with Crippen molar-refractivity contribution in [3.8, 4) is 17.1 Å². The quantitative estimate of drug-likeness (QED) is 0.314. The van der Waals surface area contributed by atoms with Crippen molar-refractivity contribution in [3.05, 3.63) is 54.7 Å². The number of aliphatic hydroxyl groups excluding tert-OH is 1. The first-order chi connectivity index (χ1) is 19.1. The van der Waals surface area contributed by atoms with Crippen LogP contribution in [0.2, 0.25) is 0 Å². The highest BCUT2D eigenvalue weighted by Gasteiger charge is 2.35. The molecular weight excluding hydrogens is 498 g/mol. The largest absolute Gasteiger partial charge is 0.491 e. The first kappa shape index (κ1) is 25.1. The molecular formula is C28H31N7O4. The average Bonchev–Trinajstić information content (AvgIpc) is 3.54. The third-order valence-electron chi connectivity index (χ3n) is 6.99. The number of ether oxygens (including phenoxy) is 2. The summed E-state index contributed by atoms with van der Waals surface area (Å²) in [5.41, 5.74) is 2.93. The topological polar surface area (TPSA) is 127 Å². The number of anilines is 3. The molecule has 6 rings (SSSR count). The minimum Gasteiger partial charge on any atom is -0.491 e. The number of benzene rings is 2. The second-order valence-corrected chi connectivity index (χ2v) is 9.68. The normalized spacial score (nSPS) is 18.4. The van der Waals surface area contributed by atoms with Gasteiger partial charge in [-0.2, -0.15) is 5.10 Å². The van der Waals surface area contributed by atoms with E-state index in [1.54, 1.807) is 24.3 Å². The van der Waals surface area contributed by atoms with Crippen LogP contribution in [0.4, 0.5) is 22.0 Å². The summed E-state index contributed by atoms with van der Waals surface area (Å²) >= 11 is 0. The van der Waals surface area contributed by atoms with Gasteiger partial charge in [-0.25, -0.2) is 19.4 Å². The molecule has 11 nitrogen and oxygen atoms in total. The maximum Gasteiger partial charge on any atom is 0.323 e. The molecule has 2 saturated heterocycles. The van der Waals surface area contributed by atoms with E-state index in [0.29, 0.717) is 29.5 Å². The summed E-state index contributed by atoms with van der Waals surface area (Å²) in [5, 5.41) is 20.0. The molecule has 0 spiro atoms. The Hall–Kier alpha value is -4.22. The van der Waals surface area contributed by atoms with Gasteiger partial charge in [0.1, 0.15) is 18.2 Å². The van der Waals surface area contributed by atoms with Crippen molar-refractivity contribution >= 4 is 34.3 Å². The van der Waals surface area contributed by atoms with Crippen LogP contribution in [0.1, 0.15) is 19.8 Å². The van der Waals surface area contributed by atoms with E-state index in [2.05, 4.69) is 20.6 Å². The van der Waals surface area contributed by atoms with Gasteiger partial charge in [-0.05, 0) is 68.3 Å². The summed E-state index contributed by atoms with van der Waals surface area (Å²) in [4.78, 5) is 24.7. The van der Waals surface area contributed by atoms with Crippen molar-refractivity contribution in [3.63, 3.8) is 0 Å². The van der Waals surface area contributed by atoms with E-state index in [0.717, 1.165) is 48.3 Å². The Kier molecular flexibility index (Phi) is 6.99. The third kappa shape index (κ3) is 5.36. The summed E-state index contributed by atoms with van der Waals surface area (Å²) in [6, 6.07) is 14.1. The Morgan fingerprint density at radius 3 is 2.33 bits per heavy atom. The maximum atomic E-state index is 12.5. The van der Waals surface area contributed by atoms with Gasteiger partial charge in [0.2, 0.25) is 0 Å². The molecule has 0 radical (unpaired) electrons. The van der Waals surface area contributed by atoms with Gasteiger partial charge < -0.3 is 30.1 Å². The van der Waals surface area contributed by atoms with Gasteiger partial charge in [0.25, 0.3) is 0 Å². The number of aryl methyl sites for hydroxylation is 1. The molecule has 39 heavy (non-hydrogen) atoms. The fourth-order valence-corrected chi connectivity index (χ4v) is 5.12. The van der Waals surface area contributed by atoms with Crippen LogP contribution >= 0.6 is 0 Å². The van der Waals surface area contributed by atoms with Gasteiger partial charge in [-0.3, -0.25) is 0 Å². The lowest BCUT2D eigenvalue weighted by atomic mass is 10.2. The Bertz CT molecular complexity index is 1440. The highest BCUT2D eigenvalue weighted by atomic mass is 16.5. The molecule has 3 N–H and O–H groups in total. The lowest BCUT2D eigenvalue weighted by Gasteiger charge is -2.33. The van der Waals surface area contributed by atoms with Crippen LogP contribution in [-0.4, -0.2) is 69.4 Å². The molecule has 2 aromatic carbocycles. The Balaban J connectivity index is 1.19.